The van der Waals surface area contributed by atoms with E-state index in [9.17, 15) is 9.18 Å². The van der Waals surface area contributed by atoms with E-state index in [1.165, 1.54) is 26.4 Å². The summed E-state index contributed by atoms with van der Waals surface area (Å²) in [5, 5.41) is 8.80. The smallest absolute Gasteiger partial charge is 0.338 e. The minimum absolute atomic E-state index is 0.0569. The lowest BCUT2D eigenvalue weighted by Gasteiger charge is -2.15. The van der Waals surface area contributed by atoms with Gasteiger partial charge in [0.25, 0.3) is 0 Å². The van der Waals surface area contributed by atoms with Crippen LogP contribution in [0.4, 0.5) is 4.39 Å². The number of carboxylic acid groups (broad SMARTS) is 1. The Morgan fingerprint density at radius 1 is 1.44 bits per heavy atom. The molecule has 0 aromatic heterocycles. The topological polar surface area (TPSA) is 55.8 Å². The SMILES string of the molecule is COC(OC)c1cc(Br)c(F)c(C(=O)O)c1. The van der Waals surface area contributed by atoms with Crippen LogP contribution in [-0.2, 0) is 9.47 Å². The molecular weight excluding hydrogens is 283 g/mol. The summed E-state index contributed by atoms with van der Waals surface area (Å²) in [6.07, 6.45) is -0.727. The first-order valence-electron chi connectivity index (χ1n) is 4.29. The highest BCUT2D eigenvalue weighted by molar-refractivity contribution is 9.10. The Kier molecular flexibility index (Phi) is 4.40. The van der Waals surface area contributed by atoms with Crippen molar-refractivity contribution in [1.82, 2.24) is 0 Å². The number of halogens is 2. The Morgan fingerprint density at radius 2 is 2.00 bits per heavy atom. The highest BCUT2D eigenvalue weighted by Gasteiger charge is 2.19. The van der Waals surface area contributed by atoms with E-state index in [0.29, 0.717) is 5.56 Å². The third kappa shape index (κ3) is 2.58. The fourth-order valence-electron chi connectivity index (χ4n) is 1.27. The average molecular weight is 293 g/mol. The molecule has 0 heterocycles. The molecule has 0 saturated heterocycles. The third-order valence-corrected chi connectivity index (χ3v) is 2.56. The van der Waals surface area contributed by atoms with Gasteiger partial charge >= 0.3 is 5.97 Å². The fraction of sp³-hybridized carbons (Fsp3) is 0.300. The van der Waals surface area contributed by atoms with Crippen molar-refractivity contribution in [3.8, 4) is 0 Å². The monoisotopic (exact) mass is 292 g/mol. The zero-order chi connectivity index (χ0) is 12.3. The predicted octanol–water partition coefficient (Wildman–Crippen LogP) is 2.58. The van der Waals surface area contributed by atoms with Gasteiger partial charge in [-0.2, -0.15) is 0 Å². The van der Waals surface area contributed by atoms with Gasteiger partial charge in [0, 0.05) is 19.8 Å². The molecule has 0 aliphatic carbocycles. The molecule has 0 bridgehead atoms. The van der Waals surface area contributed by atoms with Crippen LogP contribution < -0.4 is 0 Å². The zero-order valence-corrected chi connectivity index (χ0v) is 10.2. The second kappa shape index (κ2) is 5.38. The van der Waals surface area contributed by atoms with Crippen molar-refractivity contribution in [3.63, 3.8) is 0 Å². The van der Waals surface area contributed by atoms with Crippen LogP contribution in [0.3, 0.4) is 0 Å². The van der Waals surface area contributed by atoms with E-state index in [0.717, 1.165) is 0 Å². The number of hydrogen-bond donors (Lipinski definition) is 1. The lowest BCUT2D eigenvalue weighted by Crippen LogP contribution is -2.08. The quantitative estimate of drug-likeness (QED) is 0.867. The van der Waals surface area contributed by atoms with Gasteiger partial charge in [0.2, 0.25) is 0 Å². The Balaban J connectivity index is 3.28. The zero-order valence-electron chi connectivity index (χ0n) is 8.66. The first-order chi connectivity index (χ1) is 7.51. The van der Waals surface area contributed by atoms with E-state index in [1.807, 2.05) is 0 Å². The predicted molar refractivity (Wildman–Crippen MR) is 57.8 cm³/mol. The Hall–Kier alpha value is -0.980. The molecular formula is C10H10BrFO4. The number of methoxy groups -OCH3 is 2. The molecule has 0 amide bonds. The Bertz CT molecular complexity index is 404. The molecule has 0 atom stereocenters. The number of rotatable bonds is 4. The van der Waals surface area contributed by atoms with Crippen LogP contribution in [0.2, 0.25) is 0 Å². The summed E-state index contributed by atoms with van der Waals surface area (Å²) in [6, 6.07) is 2.60. The molecule has 0 radical (unpaired) electrons. The van der Waals surface area contributed by atoms with Crippen LogP contribution in [0.15, 0.2) is 16.6 Å². The third-order valence-electron chi connectivity index (χ3n) is 1.98. The van der Waals surface area contributed by atoms with Crippen molar-refractivity contribution in [1.29, 1.82) is 0 Å². The molecule has 0 aliphatic heterocycles. The number of benzene rings is 1. The maximum atomic E-state index is 13.4. The van der Waals surface area contributed by atoms with Crippen molar-refractivity contribution in [2.24, 2.45) is 0 Å². The number of ether oxygens (including phenoxy) is 2. The molecule has 1 aromatic carbocycles. The summed E-state index contributed by atoms with van der Waals surface area (Å²) >= 11 is 2.94. The molecule has 1 aromatic rings. The molecule has 0 aliphatic rings. The standard InChI is InChI=1S/C10H10BrFO4/c1-15-10(16-2)5-3-6(9(13)14)8(12)7(11)4-5/h3-4,10H,1-2H3,(H,13,14). The number of carbonyl (C=O) groups is 1. The van der Waals surface area contributed by atoms with Crippen molar-refractivity contribution in [2.75, 3.05) is 14.2 Å². The first kappa shape index (κ1) is 13.1. The van der Waals surface area contributed by atoms with Crippen molar-refractivity contribution in [2.45, 2.75) is 6.29 Å². The van der Waals surface area contributed by atoms with Gasteiger partial charge in [0.05, 0.1) is 10.0 Å². The highest BCUT2D eigenvalue weighted by atomic mass is 79.9. The molecule has 0 saturated carbocycles. The van der Waals surface area contributed by atoms with Crippen LogP contribution in [0.25, 0.3) is 0 Å². The maximum Gasteiger partial charge on any atom is 0.338 e. The van der Waals surface area contributed by atoms with Crippen LogP contribution in [0.1, 0.15) is 22.2 Å². The van der Waals surface area contributed by atoms with E-state index in [2.05, 4.69) is 15.9 Å². The molecule has 1 N–H and O–H groups in total. The molecule has 1 rings (SSSR count). The molecule has 0 fully saturated rings. The van der Waals surface area contributed by atoms with Crippen molar-refractivity contribution >= 4 is 21.9 Å². The first-order valence-corrected chi connectivity index (χ1v) is 5.08. The minimum Gasteiger partial charge on any atom is -0.478 e. The molecule has 16 heavy (non-hydrogen) atoms. The number of aromatic carboxylic acids is 1. The van der Waals surface area contributed by atoms with Gasteiger partial charge in [0.1, 0.15) is 0 Å². The van der Waals surface area contributed by atoms with Gasteiger partial charge in [-0.3, -0.25) is 0 Å². The van der Waals surface area contributed by atoms with E-state index >= 15 is 0 Å². The van der Waals surface area contributed by atoms with Crippen LogP contribution in [0, 0.1) is 5.82 Å². The highest BCUT2D eigenvalue weighted by Crippen LogP contribution is 2.26. The molecule has 88 valence electrons. The molecule has 4 nitrogen and oxygen atoms in total. The fourth-order valence-corrected chi connectivity index (χ4v) is 1.75. The van der Waals surface area contributed by atoms with Gasteiger partial charge in [0.15, 0.2) is 12.1 Å². The van der Waals surface area contributed by atoms with Crippen molar-refractivity contribution in [3.05, 3.63) is 33.5 Å². The number of hydrogen-bond acceptors (Lipinski definition) is 3. The van der Waals surface area contributed by atoms with Crippen molar-refractivity contribution < 1.29 is 23.8 Å². The number of carboxylic acids is 1. The van der Waals surface area contributed by atoms with Gasteiger partial charge in [-0.15, -0.1) is 0 Å². The summed E-state index contributed by atoms with van der Waals surface area (Å²) < 4.78 is 23.4. The summed E-state index contributed by atoms with van der Waals surface area (Å²) in [6.45, 7) is 0. The average Bonchev–Trinajstić information content (AvgIpc) is 2.24. The van der Waals surface area contributed by atoms with E-state index in [-0.39, 0.29) is 4.47 Å². The summed E-state index contributed by atoms with van der Waals surface area (Å²) in [5.74, 6) is -2.16. The summed E-state index contributed by atoms with van der Waals surface area (Å²) in [5.41, 5.74) is -0.000787. The second-order valence-corrected chi connectivity index (χ2v) is 3.83. The Labute approximate surface area is 100 Å². The van der Waals surface area contributed by atoms with Gasteiger partial charge in [-0.1, -0.05) is 0 Å². The van der Waals surface area contributed by atoms with Crippen LogP contribution >= 0.6 is 15.9 Å². The lowest BCUT2D eigenvalue weighted by molar-refractivity contribution is -0.106. The Morgan fingerprint density at radius 3 is 2.44 bits per heavy atom. The van der Waals surface area contributed by atoms with E-state index in [1.54, 1.807) is 0 Å². The summed E-state index contributed by atoms with van der Waals surface area (Å²) in [4.78, 5) is 10.8. The normalized spacial score (nSPS) is 10.8. The van der Waals surface area contributed by atoms with Gasteiger partial charge in [-0.25, -0.2) is 9.18 Å². The van der Waals surface area contributed by atoms with Crippen LogP contribution in [-0.4, -0.2) is 25.3 Å². The minimum atomic E-state index is -1.34. The molecule has 6 heteroatoms. The summed E-state index contributed by atoms with van der Waals surface area (Å²) in [7, 11) is 2.82. The van der Waals surface area contributed by atoms with Gasteiger partial charge < -0.3 is 14.6 Å². The lowest BCUT2D eigenvalue weighted by atomic mass is 10.1. The largest absolute Gasteiger partial charge is 0.478 e. The van der Waals surface area contributed by atoms with E-state index in [4.69, 9.17) is 14.6 Å². The van der Waals surface area contributed by atoms with Crippen LogP contribution in [0.5, 0.6) is 0 Å². The van der Waals surface area contributed by atoms with E-state index < -0.39 is 23.6 Å². The van der Waals surface area contributed by atoms with Gasteiger partial charge in [-0.05, 0) is 28.1 Å². The maximum absolute atomic E-state index is 13.4. The molecule has 0 unspecified atom stereocenters. The second-order valence-electron chi connectivity index (χ2n) is 2.97. The molecule has 0 spiro atoms.